The SMILES string of the molecule is C=C(C)N=C(/C(C)=C\N)c1ccc(Br)c(Cl)c1. The van der Waals surface area contributed by atoms with Gasteiger partial charge in [0.15, 0.2) is 0 Å². The molecule has 1 rings (SSSR count). The van der Waals surface area contributed by atoms with Crippen molar-refractivity contribution >= 4 is 33.2 Å². The zero-order valence-corrected chi connectivity index (χ0v) is 12.1. The van der Waals surface area contributed by atoms with E-state index in [1.165, 1.54) is 6.20 Å². The van der Waals surface area contributed by atoms with Crippen LogP contribution in [0.4, 0.5) is 0 Å². The lowest BCUT2D eigenvalue weighted by Crippen LogP contribution is -2.05. The summed E-state index contributed by atoms with van der Waals surface area (Å²) in [6.45, 7) is 7.52. The highest BCUT2D eigenvalue weighted by molar-refractivity contribution is 9.10. The second kappa shape index (κ2) is 6.03. The minimum absolute atomic E-state index is 0.640. The Bertz CT molecular complexity index is 504. The number of rotatable bonds is 3. The third-order valence-electron chi connectivity index (χ3n) is 2.12. The standard InChI is InChI=1S/C13H14BrClN2/c1-8(2)17-13(9(3)7-16)10-4-5-11(14)12(15)6-10/h4-7H,1,16H2,2-3H3/b9-7-,17-13?. The number of hydrogen-bond acceptors (Lipinski definition) is 2. The van der Waals surface area contributed by atoms with Gasteiger partial charge >= 0.3 is 0 Å². The molecule has 0 radical (unpaired) electrons. The molecule has 2 N–H and O–H groups in total. The number of hydrogen-bond donors (Lipinski definition) is 1. The van der Waals surface area contributed by atoms with Crippen LogP contribution in [0.2, 0.25) is 5.02 Å². The molecule has 4 heteroatoms. The molecule has 1 aromatic carbocycles. The number of benzene rings is 1. The lowest BCUT2D eigenvalue weighted by molar-refractivity contribution is 1.30. The van der Waals surface area contributed by atoms with Crippen LogP contribution < -0.4 is 5.73 Å². The molecule has 1 aromatic rings. The molecule has 17 heavy (non-hydrogen) atoms. The fourth-order valence-corrected chi connectivity index (χ4v) is 1.72. The highest BCUT2D eigenvalue weighted by Gasteiger charge is 2.08. The Morgan fingerprint density at radius 1 is 1.47 bits per heavy atom. The Labute approximate surface area is 115 Å². The van der Waals surface area contributed by atoms with E-state index in [9.17, 15) is 0 Å². The first-order valence-corrected chi connectivity index (χ1v) is 6.21. The smallest absolute Gasteiger partial charge is 0.0748 e. The van der Waals surface area contributed by atoms with Gasteiger partial charge in [0.05, 0.1) is 10.7 Å². The van der Waals surface area contributed by atoms with Crippen LogP contribution >= 0.6 is 27.5 Å². The van der Waals surface area contributed by atoms with Crippen molar-refractivity contribution < 1.29 is 0 Å². The average molecular weight is 314 g/mol. The molecule has 90 valence electrons. The van der Waals surface area contributed by atoms with Crippen molar-refractivity contribution in [2.24, 2.45) is 10.7 Å². The summed E-state index contributed by atoms with van der Waals surface area (Å²) in [4.78, 5) is 4.39. The van der Waals surface area contributed by atoms with E-state index < -0.39 is 0 Å². The van der Waals surface area contributed by atoms with E-state index in [0.29, 0.717) is 5.02 Å². The first kappa shape index (κ1) is 14.0. The molecule has 0 aromatic heterocycles. The number of aliphatic imine (C=N–C) groups is 1. The van der Waals surface area contributed by atoms with Gasteiger partial charge in [-0.25, -0.2) is 0 Å². The first-order valence-electron chi connectivity index (χ1n) is 5.04. The fraction of sp³-hybridized carbons (Fsp3) is 0.154. The minimum Gasteiger partial charge on any atom is -0.404 e. The van der Waals surface area contributed by atoms with Crippen LogP contribution in [-0.2, 0) is 0 Å². The zero-order valence-electron chi connectivity index (χ0n) is 9.80. The zero-order chi connectivity index (χ0) is 13.0. The summed E-state index contributed by atoms with van der Waals surface area (Å²) in [5, 5.41) is 0.640. The molecule has 0 amide bonds. The van der Waals surface area contributed by atoms with Gasteiger partial charge < -0.3 is 5.73 Å². The second-order valence-electron chi connectivity index (χ2n) is 3.67. The number of allylic oxidation sites excluding steroid dienone is 2. The van der Waals surface area contributed by atoms with Crippen LogP contribution in [-0.4, -0.2) is 5.71 Å². The van der Waals surface area contributed by atoms with E-state index >= 15 is 0 Å². The predicted molar refractivity (Wildman–Crippen MR) is 78.4 cm³/mol. The summed E-state index contributed by atoms with van der Waals surface area (Å²) in [6.07, 6.45) is 1.53. The van der Waals surface area contributed by atoms with E-state index in [1.807, 2.05) is 32.0 Å². The highest BCUT2D eigenvalue weighted by atomic mass is 79.9. The summed E-state index contributed by atoms with van der Waals surface area (Å²) in [6, 6.07) is 5.67. The molecule has 0 unspecified atom stereocenters. The molecule has 0 heterocycles. The Kier molecular flexibility index (Phi) is 4.97. The van der Waals surface area contributed by atoms with Gasteiger partial charge in [-0.1, -0.05) is 24.2 Å². The summed E-state index contributed by atoms with van der Waals surface area (Å²) in [5.41, 5.74) is 8.85. The minimum atomic E-state index is 0.640. The van der Waals surface area contributed by atoms with Crippen molar-refractivity contribution in [3.05, 3.63) is 57.3 Å². The van der Waals surface area contributed by atoms with Gasteiger partial charge in [-0.05, 0) is 53.7 Å². The third kappa shape index (κ3) is 3.72. The van der Waals surface area contributed by atoms with Gasteiger partial charge in [0.2, 0.25) is 0 Å². The monoisotopic (exact) mass is 312 g/mol. The van der Waals surface area contributed by atoms with Crippen LogP contribution in [0.25, 0.3) is 0 Å². The van der Waals surface area contributed by atoms with Crippen molar-refractivity contribution in [3.8, 4) is 0 Å². The molecule has 0 atom stereocenters. The molecule has 0 saturated carbocycles. The van der Waals surface area contributed by atoms with Crippen LogP contribution in [0.3, 0.4) is 0 Å². The molecule has 0 saturated heterocycles. The van der Waals surface area contributed by atoms with E-state index in [-0.39, 0.29) is 0 Å². The van der Waals surface area contributed by atoms with Gasteiger partial charge in [0, 0.05) is 15.7 Å². The molecule has 2 nitrogen and oxygen atoms in total. The third-order valence-corrected chi connectivity index (χ3v) is 3.35. The van der Waals surface area contributed by atoms with Crippen LogP contribution in [0.15, 0.2) is 51.7 Å². The average Bonchev–Trinajstić information content (AvgIpc) is 2.28. The maximum absolute atomic E-state index is 6.07. The lowest BCUT2D eigenvalue weighted by atomic mass is 10.0. The molecule has 0 bridgehead atoms. The van der Waals surface area contributed by atoms with Crippen molar-refractivity contribution in [2.75, 3.05) is 0 Å². The quantitative estimate of drug-likeness (QED) is 0.831. The number of halogens is 2. The topological polar surface area (TPSA) is 38.4 Å². The maximum atomic E-state index is 6.07. The van der Waals surface area contributed by atoms with Crippen LogP contribution in [0, 0.1) is 0 Å². The molecule has 0 aliphatic heterocycles. The summed E-state index contributed by atoms with van der Waals surface area (Å²) in [7, 11) is 0. The van der Waals surface area contributed by atoms with Crippen molar-refractivity contribution in [1.82, 2.24) is 0 Å². The Morgan fingerprint density at radius 2 is 2.12 bits per heavy atom. The fourth-order valence-electron chi connectivity index (χ4n) is 1.29. The Morgan fingerprint density at radius 3 is 2.59 bits per heavy atom. The van der Waals surface area contributed by atoms with Crippen molar-refractivity contribution in [1.29, 1.82) is 0 Å². The molecule has 0 spiro atoms. The van der Waals surface area contributed by atoms with E-state index in [2.05, 4.69) is 27.5 Å². The van der Waals surface area contributed by atoms with Gasteiger partial charge in [0.25, 0.3) is 0 Å². The van der Waals surface area contributed by atoms with Crippen LogP contribution in [0.1, 0.15) is 19.4 Å². The summed E-state index contributed by atoms with van der Waals surface area (Å²) in [5.74, 6) is 0. The van der Waals surface area contributed by atoms with Crippen molar-refractivity contribution in [2.45, 2.75) is 13.8 Å². The van der Waals surface area contributed by atoms with E-state index in [4.69, 9.17) is 17.3 Å². The Hall–Kier alpha value is -1.06. The van der Waals surface area contributed by atoms with Gasteiger partial charge in [-0.3, -0.25) is 4.99 Å². The maximum Gasteiger partial charge on any atom is 0.0748 e. The largest absolute Gasteiger partial charge is 0.404 e. The Balaban J connectivity index is 3.33. The van der Waals surface area contributed by atoms with Crippen LogP contribution in [0.5, 0.6) is 0 Å². The van der Waals surface area contributed by atoms with E-state index in [0.717, 1.165) is 27.0 Å². The normalized spacial score (nSPS) is 12.7. The molecular formula is C13H14BrClN2. The highest BCUT2D eigenvalue weighted by Crippen LogP contribution is 2.24. The molecular weight excluding hydrogens is 300 g/mol. The van der Waals surface area contributed by atoms with Crippen molar-refractivity contribution in [3.63, 3.8) is 0 Å². The predicted octanol–water partition coefficient (Wildman–Crippen LogP) is 4.29. The molecule has 0 aliphatic rings. The van der Waals surface area contributed by atoms with Gasteiger partial charge in [0.1, 0.15) is 0 Å². The first-order chi connectivity index (χ1) is 7.95. The number of nitrogens with zero attached hydrogens (tertiary/aromatic N) is 1. The van der Waals surface area contributed by atoms with E-state index in [1.54, 1.807) is 0 Å². The number of nitrogens with two attached hydrogens (primary N) is 1. The lowest BCUT2D eigenvalue weighted by Gasteiger charge is -2.08. The molecule has 0 fully saturated rings. The van der Waals surface area contributed by atoms with Gasteiger partial charge in [-0.2, -0.15) is 0 Å². The molecule has 0 aliphatic carbocycles. The second-order valence-corrected chi connectivity index (χ2v) is 4.94. The van der Waals surface area contributed by atoms with Gasteiger partial charge in [-0.15, -0.1) is 0 Å². The summed E-state index contributed by atoms with van der Waals surface area (Å²) >= 11 is 9.42. The summed E-state index contributed by atoms with van der Waals surface area (Å²) < 4.78 is 0.854.